The van der Waals surface area contributed by atoms with Gasteiger partial charge in [-0.2, -0.15) is 0 Å². The molecule has 0 aromatic rings. The van der Waals surface area contributed by atoms with Gasteiger partial charge in [0.1, 0.15) is 0 Å². The first kappa shape index (κ1) is 6.78. The molecule has 2 nitrogen and oxygen atoms in total. The molecule has 0 aliphatic carbocycles. The molecule has 2 N–H and O–H groups in total. The molecule has 1 aliphatic heterocycles. The van der Waals surface area contributed by atoms with Crippen molar-refractivity contribution in [1.29, 1.82) is 0 Å². The van der Waals surface area contributed by atoms with Gasteiger partial charge in [-0.15, -0.1) is 6.58 Å². The van der Waals surface area contributed by atoms with E-state index in [1.807, 2.05) is 6.08 Å². The van der Waals surface area contributed by atoms with E-state index >= 15 is 0 Å². The van der Waals surface area contributed by atoms with E-state index in [9.17, 15) is 0 Å². The number of hydrogen-bond acceptors (Lipinski definition) is 2. The van der Waals surface area contributed by atoms with Crippen molar-refractivity contribution in [1.82, 2.24) is 5.32 Å². The molecule has 0 radical (unpaired) electrons. The van der Waals surface area contributed by atoms with Crippen molar-refractivity contribution in [2.75, 3.05) is 6.54 Å². The van der Waals surface area contributed by atoms with Gasteiger partial charge in [0.25, 0.3) is 0 Å². The second-order valence-corrected chi connectivity index (χ2v) is 2.52. The fourth-order valence-corrected chi connectivity index (χ4v) is 1.18. The Labute approximate surface area is 55.6 Å². The van der Waals surface area contributed by atoms with Crippen molar-refractivity contribution >= 4 is 0 Å². The topological polar surface area (TPSA) is 32.3 Å². The van der Waals surface area contributed by atoms with E-state index in [1.54, 1.807) is 0 Å². The van der Waals surface area contributed by atoms with Crippen molar-refractivity contribution in [3.05, 3.63) is 12.7 Å². The van der Waals surface area contributed by atoms with E-state index in [1.165, 1.54) is 0 Å². The largest absolute Gasteiger partial charge is 0.392 e. The minimum atomic E-state index is -0.130. The molecule has 0 unspecified atom stereocenters. The Hall–Kier alpha value is -0.340. The average molecular weight is 127 g/mol. The summed E-state index contributed by atoms with van der Waals surface area (Å²) in [5.41, 5.74) is 0. The van der Waals surface area contributed by atoms with Gasteiger partial charge in [0.15, 0.2) is 0 Å². The lowest BCUT2D eigenvalue weighted by molar-refractivity contribution is 0.193. The third kappa shape index (κ3) is 1.80. The van der Waals surface area contributed by atoms with Crippen LogP contribution in [0.2, 0.25) is 0 Å². The second kappa shape index (κ2) is 2.99. The van der Waals surface area contributed by atoms with Crippen molar-refractivity contribution in [3.63, 3.8) is 0 Å². The summed E-state index contributed by atoms with van der Waals surface area (Å²) < 4.78 is 0. The van der Waals surface area contributed by atoms with Gasteiger partial charge in [-0.05, 0) is 12.8 Å². The smallest absolute Gasteiger partial charge is 0.0679 e. The number of hydrogen-bond donors (Lipinski definition) is 2. The molecule has 2 atom stereocenters. The SMILES string of the molecule is C=CC[C@@H]1C[C@@H](O)CN1. The molecule has 52 valence electrons. The average Bonchev–Trinajstić information content (AvgIpc) is 2.17. The molecule has 9 heavy (non-hydrogen) atoms. The molecule has 0 aromatic carbocycles. The molecule has 0 spiro atoms. The molecule has 2 heteroatoms. The fraction of sp³-hybridized carbons (Fsp3) is 0.714. The van der Waals surface area contributed by atoms with Crippen LogP contribution in [0, 0.1) is 0 Å². The Kier molecular flexibility index (Phi) is 2.25. The number of nitrogens with one attached hydrogen (secondary N) is 1. The summed E-state index contributed by atoms with van der Waals surface area (Å²) in [4.78, 5) is 0. The van der Waals surface area contributed by atoms with Crippen molar-refractivity contribution in [2.45, 2.75) is 25.0 Å². The quantitative estimate of drug-likeness (QED) is 0.522. The molecule has 1 fully saturated rings. The van der Waals surface area contributed by atoms with Gasteiger partial charge in [-0.3, -0.25) is 0 Å². The van der Waals surface area contributed by atoms with Crippen LogP contribution >= 0.6 is 0 Å². The first-order valence-corrected chi connectivity index (χ1v) is 3.35. The Balaban J connectivity index is 2.21. The summed E-state index contributed by atoms with van der Waals surface area (Å²) in [6.45, 7) is 4.38. The van der Waals surface area contributed by atoms with Gasteiger partial charge in [-0.1, -0.05) is 6.08 Å². The standard InChI is InChI=1S/C7H13NO/c1-2-3-6-4-7(9)5-8-6/h2,6-9H,1,3-5H2/t6-,7-/m1/s1. The number of aliphatic hydroxyl groups is 1. The molecule has 1 heterocycles. The van der Waals surface area contributed by atoms with Crippen LogP contribution in [0.25, 0.3) is 0 Å². The maximum atomic E-state index is 9.03. The minimum absolute atomic E-state index is 0.130. The Morgan fingerprint density at radius 2 is 2.56 bits per heavy atom. The molecule has 0 amide bonds. The lowest BCUT2D eigenvalue weighted by Gasteiger charge is -2.03. The van der Waals surface area contributed by atoms with Crippen LogP contribution in [0.15, 0.2) is 12.7 Å². The summed E-state index contributed by atoms with van der Waals surface area (Å²) in [7, 11) is 0. The van der Waals surface area contributed by atoms with E-state index in [-0.39, 0.29) is 6.10 Å². The van der Waals surface area contributed by atoms with Gasteiger partial charge in [0.05, 0.1) is 6.10 Å². The first-order valence-electron chi connectivity index (χ1n) is 3.35. The highest BCUT2D eigenvalue weighted by atomic mass is 16.3. The molecular formula is C7H13NO. The molecule has 0 saturated carbocycles. The maximum absolute atomic E-state index is 9.03. The monoisotopic (exact) mass is 127 g/mol. The van der Waals surface area contributed by atoms with Gasteiger partial charge in [0.2, 0.25) is 0 Å². The highest BCUT2D eigenvalue weighted by Crippen LogP contribution is 2.09. The molecule has 0 bridgehead atoms. The number of rotatable bonds is 2. The summed E-state index contributed by atoms with van der Waals surface area (Å²) in [6, 6.07) is 0.470. The van der Waals surface area contributed by atoms with E-state index in [0.717, 1.165) is 19.4 Å². The van der Waals surface area contributed by atoms with Crippen molar-refractivity contribution < 1.29 is 5.11 Å². The molecule has 1 rings (SSSR count). The third-order valence-corrected chi connectivity index (χ3v) is 1.65. The summed E-state index contributed by atoms with van der Waals surface area (Å²) >= 11 is 0. The Bertz CT molecular complexity index is 103. The Morgan fingerprint density at radius 3 is 3.00 bits per heavy atom. The van der Waals surface area contributed by atoms with Crippen LogP contribution in [0.4, 0.5) is 0 Å². The van der Waals surface area contributed by atoms with E-state index < -0.39 is 0 Å². The number of β-amino-alcohol motifs (C(OH)–C–C–N with tert-alkyl or cyclic N) is 1. The van der Waals surface area contributed by atoms with Gasteiger partial charge in [-0.25, -0.2) is 0 Å². The third-order valence-electron chi connectivity index (χ3n) is 1.65. The van der Waals surface area contributed by atoms with Crippen LogP contribution in [-0.2, 0) is 0 Å². The van der Waals surface area contributed by atoms with Crippen LogP contribution in [0.5, 0.6) is 0 Å². The molecule has 1 aliphatic rings. The molecule has 1 saturated heterocycles. The van der Waals surface area contributed by atoms with Gasteiger partial charge >= 0.3 is 0 Å². The zero-order chi connectivity index (χ0) is 6.69. The van der Waals surface area contributed by atoms with E-state index in [0.29, 0.717) is 6.04 Å². The predicted octanol–water partition coefficient (Wildman–Crippen LogP) is 0.285. The lowest BCUT2D eigenvalue weighted by atomic mass is 10.1. The lowest BCUT2D eigenvalue weighted by Crippen LogP contribution is -2.20. The van der Waals surface area contributed by atoms with Crippen LogP contribution in [0.3, 0.4) is 0 Å². The van der Waals surface area contributed by atoms with Gasteiger partial charge < -0.3 is 10.4 Å². The van der Waals surface area contributed by atoms with Crippen LogP contribution in [0.1, 0.15) is 12.8 Å². The zero-order valence-electron chi connectivity index (χ0n) is 5.51. The summed E-state index contributed by atoms with van der Waals surface area (Å²) in [5.74, 6) is 0. The minimum Gasteiger partial charge on any atom is -0.392 e. The molecular weight excluding hydrogens is 114 g/mol. The number of aliphatic hydroxyl groups excluding tert-OH is 1. The van der Waals surface area contributed by atoms with E-state index in [4.69, 9.17) is 5.11 Å². The highest BCUT2D eigenvalue weighted by Gasteiger charge is 2.19. The normalized spacial score (nSPS) is 34.8. The molecule has 0 aromatic heterocycles. The Morgan fingerprint density at radius 1 is 1.78 bits per heavy atom. The summed E-state index contributed by atoms with van der Waals surface area (Å²) in [6.07, 6.45) is 3.61. The fourth-order valence-electron chi connectivity index (χ4n) is 1.18. The second-order valence-electron chi connectivity index (χ2n) is 2.52. The maximum Gasteiger partial charge on any atom is 0.0679 e. The predicted molar refractivity (Wildman–Crippen MR) is 37.2 cm³/mol. The van der Waals surface area contributed by atoms with E-state index in [2.05, 4.69) is 11.9 Å². The first-order chi connectivity index (χ1) is 4.33. The highest BCUT2D eigenvalue weighted by molar-refractivity contribution is 4.86. The summed E-state index contributed by atoms with van der Waals surface area (Å²) in [5, 5.41) is 12.2. The van der Waals surface area contributed by atoms with Gasteiger partial charge in [0, 0.05) is 12.6 Å². The zero-order valence-corrected chi connectivity index (χ0v) is 5.51. The van der Waals surface area contributed by atoms with Crippen molar-refractivity contribution in [2.24, 2.45) is 0 Å². The van der Waals surface area contributed by atoms with Crippen molar-refractivity contribution in [3.8, 4) is 0 Å². The van der Waals surface area contributed by atoms with Crippen LogP contribution in [-0.4, -0.2) is 23.8 Å². The van der Waals surface area contributed by atoms with Crippen LogP contribution < -0.4 is 5.32 Å².